The monoisotopic (exact) mass is 360 g/mol. The van der Waals surface area contributed by atoms with E-state index >= 15 is 0 Å². The van der Waals surface area contributed by atoms with Crippen LogP contribution in [0.3, 0.4) is 0 Å². The van der Waals surface area contributed by atoms with E-state index in [4.69, 9.17) is 4.74 Å². The van der Waals surface area contributed by atoms with Crippen LogP contribution in [0, 0.1) is 0 Å². The van der Waals surface area contributed by atoms with Crippen molar-refractivity contribution in [1.29, 1.82) is 0 Å². The second-order valence-electron chi connectivity index (χ2n) is 5.97. The summed E-state index contributed by atoms with van der Waals surface area (Å²) in [5.74, 6) is 0.844. The number of hydrogen-bond donors (Lipinski definition) is 1. The first kappa shape index (κ1) is 17.5. The highest BCUT2D eigenvalue weighted by Crippen LogP contribution is 2.41. The Balaban J connectivity index is 1.97. The number of amides is 1. The number of rotatable bonds is 6. The Morgan fingerprint density at radius 1 is 1.36 bits per heavy atom. The number of esters is 1. The summed E-state index contributed by atoms with van der Waals surface area (Å²) < 4.78 is 6.76. The molecule has 0 bridgehead atoms. The largest absolute Gasteiger partial charge is 0.468 e. The van der Waals surface area contributed by atoms with Crippen molar-refractivity contribution in [2.24, 2.45) is 0 Å². The number of carbonyl (C=O) groups is 2. The number of thioether (sulfide) groups is 1. The quantitative estimate of drug-likeness (QED) is 0.630. The summed E-state index contributed by atoms with van der Waals surface area (Å²) in [6, 6.07) is 7.52. The molecule has 7 nitrogen and oxygen atoms in total. The van der Waals surface area contributed by atoms with Crippen LogP contribution in [0.25, 0.3) is 5.69 Å². The second kappa shape index (κ2) is 7.26. The second-order valence-corrected chi connectivity index (χ2v) is 7.27. The molecular weight excluding hydrogens is 340 g/mol. The molecule has 25 heavy (non-hydrogen) atoms. The molecule has 2 aromatic rings. The van der Waals surface area contributed by atoms with Gasteiger partial charge in [0.2, 0.25) is 5.91 Å². The highest BCUT2D eigenvalue weighted by Gasteiger charge is 2.32. The Kier molecular flexibility index (Phi) is 5.08. The number of nitrogens with one attached hydrogen (secondary N) is 1. The normalized spacial score (nSPS) is 14.8. The van der Waals surface area contributed by atoms with Gasteiger partial charge in [-0.25, -0.2) is 0 Å². The first-order valence-electron chi connectivity index (χ1n) is 8.07. The molecule has 1 amide bonds. The molecule has 1 aliphatic carbocycles. The average Bonchev–Trinajstić information content (AvgIpc) is 3.34. The Morgan fingerprint density at radius 2 is 2.12 bits per heavy atom. The standard InChI is InChI=1S/C17H20N4O3S/c1-10(16(23)24-3)25-17-20-19-15(12-7-8-12)21(17)14-6-4-5-13(9-14)18-11(2)22/h4-6,9-10,12H,7-8H2,1-3H3,(H,18,22)/t10-/m0/s1. The minimum absolute atomic E-state index is 0.128. The molecule has 0 saturated heterocycles. The maximum atomic E-state index is 11.7. The molecule has 0 aliphatic heterocycles. The molecular formula is C17H20N4O3S. The zero-order chi connectivity index (χ0) is 18.0. The molecule has 0 radical (unpaired) electrons. The molecule has 1 atom stereocenters. The minimum Gasteiger partial charge on any atom is -0.468 e. The zero-order valence-corrected chi connectivity index (χ0v) is 15.2. The van der Waals surface area contributed by atoms with Crippen LogP contribution in [0.1, 0.15) is 38.4 Å². The number of benzene rings is 1. The van der Waals surface area contributed by atoms with Crippen molar-refractivity contribution in [3.63, 3.8) is 0 Å². The van der Waals surface area contributed by atoms with Crippen LogP contribution in [0.4, 0.5) is 5.69 Å². The van der Waals surface area contributed by atoms with Gasteiger partial charge < -0.3 is 10.1 Å². The molecule has 3 rings (SSSR count). The third-order valence-electron chi connectivity index (χ3n) is 3.84. The van der Waals surface area contributed by atoms with E-state index in [2.05, 4.69) is 15.5 Å². The minimum atomic E-state index is -0.390. The molecule has 8 heteroatoms. The molecule has 0 spiro atoms. The Bertz CT molecular complexity index is 801. The fraction of sp³-hybridized carbons (Fsp3) is 0.412. The van der Waals surface area contributed by atoms with Gasteiger partial charge in [-0.3, -0.25) is 14.2 Å². The SMILES string of the molecule is COC(=O)[C@H](C)Sc1nnc(C2CC2)n1-c1cccc(NC(C)=O)c1. The highest BCUT2D eigenvalue weighted by molar-refractivity contribution is 8.00. The lowest BCUT2D eigenvalue weighted by molar-refractivity contribution is -0.139. The van der Waals surface area contributed by atoms with Crippen molar-refractivity contribution < 1.29 is 14.3 Å². The van der Waals surface area contributed by atoms with Crippen LogP contribution in [-0.4, -0.2) is 39.0 Å². The van der Waals surface area contributed by atoms with E-state index in [0.29, 0.717) is 16.8 Å². The summed E-state index contributed by atoms with van der Waals surface area (Å²) in [5, 5.41) is 11.7. The van der Waals surface area contributed by atoms with Crippen LogP contribution in [-0.2, 0) is 14.3 Å². The van der Waals surface area contributed by atoms with Crippen molar-refractivity contribution in [2.75, 3.05) is 12.4 Å². The van der Waals surface area contributed by atoms with Crippen LogP contribution in [0.2, 0.25) is 0 Å². The summed E-state index contributed by atoms with van der Waals surface area (Å²) in [7, 11) is 1.37. The van der Waals surface area contributed by atoms with Gasteiger partial charge in [-0.15, -0.1) is 10.2 Å². The predicted octanol–water partition coefficient (Wildman–Crippen LogP) is 2.76. The molecule has 132 valence electrons. The van der Waals surface area contributed by atoms with E-state index in [0.717, 1.165) is 24.4 Å². The van der Waals surface area contributed by atoms with Gasteiger partial charge in [0.05, 0.1) is 12.8 Å². The average molecular weight is 360 g/mol. The number of methoxy groups -OCH3 is 1. The summed E-state index contributed by atoms with van der Waals surface area (Å²) in [6.45, 7) is 3.25. The highest BCUT2D eigenvalue weighted by atomic mass is 32.2. The van der Waals surface area contributed by atoms with Crippen LogP contribution < -0.4 is 5.32 Å². The van der Waals surface area contributed by atoms with Crippen molar-refractivity contribution in [2.45, 2.75) is 43.0 Å². The topological polar surface area (TPSA) is 86.1 Å². The maximum absolute atomic E-state index is 11.7. The summed E-state index contributed by atoms with van der Waals surface area (Å²) in [4.78, 5) is 23.1. The first-order valence-corrected chi connectivity index (χ1v) is 8.95. The zero-order valence-electron chi connectivity index (χ0n) is 14.4. The van der Waals surface area contributed by atoms with Gasteiger partial charge in [-0.05, 0) is 38.0 Å². The fourth-order valence-electron chi connectivity index (χ4n) is 2.50. The van der Waals surface area contributed by atoms with Gasteiger partial charge in [0, 0.05) is 18.5 Å². The van der Waals surface area contributed by atoms with E-state index in [9.17, 15) is 9.59 Å². The molecule has 1 fully saturated rings. The van der Waals surface area contributed by atoms with Crippen molar-refractivity contribution >= 4 is 29.3 Å². The lowest BCUT2D eigenvalue weighted by Crippen LogP contribution is -2.16. The van der Waals surface area contributed by atoms with Gasteiger partial charge in [-0.1, -0.05) is 17.8 Å². The van der Waals surface area contributed by atoms with E-state index < -0.39 is 5.25 Å². The predicted molar refractivity (Wildman–Crippen MR) is 95.0 cm³/mol. The summed E-state index contributed by atoms with van der Waals surface area (Å²) in [5.41, 5.74) is 1.56. The smallest absolute Gasteiger partial charge is 0.318 e. The van der Waals surface area contributed by atoms with Gasteiger partial charge in [0.15, 0.2) is 5.16 Å². The number of carbonyl (C=O) groups excluding carboxylic acids is 2. The van der Waals surface area contributed by atoms with E-state index in [1.807, 2.05) is 28.8 Å². The Labute approximate surface area is 150 Å². The van der Waals surface area contributed by atoms with Crippen LogP contribution in [0.5, 0.6) is 0 Å². The molecule has 1 aromatic carbocycles. The number of nitrogens with zero attached hydrogens (tertiary/aromatic N) is 3. The summed E-state index contributed by atoms with van der Waals surface area (Å²) in [6.07, 6.45) is 2.17. The van der Waals surface area contributed by atoms with E-state index in [1.165, 1.54) is 25.8 Å². The molecule has 1 heterocycles. The van der Waals surface area contributed by atoms with Gasteiger partial charge >= 0.3 is 5.97 Å². The lowest BCUT2D eigenvalue weighted by atomic mass is 10.2. The summed E-state index contributed by atoms with van der Waals surface area (Å²) >= 11 is 1.31. The molecule has 1 aromatic heterocycles. The third-order valence-corrected chi connectivity index (χ3v) is 4.86. The van der Waals surface area contributed by atoms with E-state index in [1.54, 1.807) is 6.92 Å². The van der Waals surface area contributed by atoms with E-state index in [-0.39, 0.29) is 11.9 Å². The van der Waals surface area contributed by atoms with Crippen molar-refractivity contribution in [3.8, 4) is 5.69 Å². The Hall–Kier alpha value is -2.35. The maximum Gasteiger partial charge on any atom is 0.318 e. The molecule has 1 aliphatic rings. The molecule has 1 saturated carbocycles. The number of ether oxygens (including phenoxy) is 1. The van der Waals surface area contributed by atoms with Crippen molar-refractivity contribution in [1.82, 2.24) is 14.8 Å². The van der Waals surface area contributed by atoms with Gasteiger partial charge in [0.25, 0.3) is 0 Å². The van der Waals surface area contributed by atoms with Gasteiger partial charge in [0.1, 0.15) is 11.1 Å². The third kappa shape index (κ3) is 4.01. The molecule has 1 N–H and O–H groups in total. The van der Waals surface area contributed by atoms with Crippen LogP contribution >= 0.6 is 11.8 Å². The van der Waals surface area contributed by atoms with Crippen LogP contribution in [0.15, 0.2) is 29.4 Å². The lowest BCUT2D eigenvalue weighted by Gasteiger charge is -2.13. The number of aromatic nitrogens is 3. The number of hydrogen-bond acceptors (Lipinski definition) is 6. The molecule has 0 unspecified atom stereocenters. The first-order chi connectivity index (χ1) is 12.0. The van der Waals surface area contributed by atoms with Crippen molar-refractivity contribution in [3.05, 3.63) is 30.1 Å². The van der Waals surface area contributed by atoms with Gasteiger partial charge in [-0.2, -0.15) is 0 Å². The fourth-order valence-corrected chi connectivity index (χ4v) is 3.41. The number of anilines is 1. The Morgan fingerprint density at radius 3 is 2.76 bits per heavy atom.